The highest BCUT2D eigenvalue weighted by atomic mass is 32.2. The van der Waals surface area contributed by atoms with Crippen molar-refractivity contribution in [2.45, 2.75) is 6.92 Å². The van der Waals surface area contributed by atoms with E-state index >= 15 is 0 Å². The van der Waals surface area contributed by atoms with Crippen LogP contribution in [0, 0.1) is 0 Å². The normalized spacial score (nSPS) is 10.4. The van der Waals surface area contributed by atoms with Crippen molar-refractivity contribution in [1.82, 2.24) is 0 Å². The summed E-state index contributed by atoms with van der Waals surface area (Å²) in [6.45, 7) is 2.07. The first-order valence-corrected chi connectivity index (χ1v) is 3.31. The van der Waals surface area contributed by atoms with Gasteiger partial charge in [0.05, 0.1) is 6.21 Å². The van der Waals surface area contributed by atoms with E-state index in [2.05, 4.69) is 12.1 Å². The Morgan fingerprint density at radius 1 is 1.86 bits per heavy atom. The van der Waals surface area contributed by atoms with Crippen LogP contribution in [0.25, 0.3) is 0 Å². The summed E-state index contributed by atoms with van der Waals surface area (Å²) in [7, 11) is 0. The van der Waals surface area contributed by atoms with Gasteiger partial charge in [0.15, 0.2) is 0 Å². The highest BCUT2D eigenvalue weighted by Crippen LogP contribution is 1.93. The van der Waals surface area contributed by atoms with Crippen LogP contribution in [-0.2, 0) is 0 Å². The Balaban J connectivity index is 2.69. The average Bonchev–Trinajstić information content (AvgIpc) is 1.69. The SMILES string of the molecule is CCSCC=NO. The van der Waals surface area contributed by atoms with Gasteiger partial charge < -0.3 is 5.21 Å². The Hall–Kier alpha value is -0.180. The first kappa shape index (κ1) is 6.82. The van der Waals surface area contributed by atoms with Crippen molar-refractivity contribution >= 4 is 18.0 Å². The summed E-state index contributed by atoms with van der Waals surface area (Å²) in [5.74, 6) is 1.89. The Labute approximate surface area is 47.6 Å². The van der Waals surface area contributed by atoms with E-state index in [1.807, 2.05) is 0 Å². The predicted octanol–water partition coefficient (Wildman–Crippen LogP) is 1.20. The van der Waals surface area contributed by atoms with E-state index in [-0.39, 0.29) is 0 Å². The molecule has 0 fully saturated rings. The lowest BCUT2D eigenvalue weighted by Gasteiger charge is -1.83. The van der Waals surface area contributed by atoms with Crippen LogP contribution in [0.2, 0.25) is 0 Å². The molecule has 0 aromatic rings. The minimum Gasteiger partial charge on any atom is -0.411 e. The molecule has 3 heteroatoms. The number of rotatable bonds is 3. The number of hydrogen-bond donors (Lipinski definition) is 1. The van der Waals surface area contributed by atoms with Crippen LogP contribution in [0.15, 0.2) is 5.16 Å². The molecule has 0 saturated carbocycles. The monoisotopic (exact) mass is 119 g/mol. The zero-order valence-electron chi connectivity index (χ0n) is 4.29. The summed E-state index contributed by atoms with van der Waals surface area (Å²) in [4.78, 5) is 0. The first-order chi connectivity index (χ1) is 3.41. The Bertz CT molecular complexity index is 55.7. The average molecular weight is 119 g/mol. The van der Waals surface area contributed by atoms with Crippen molar-refractivity contribution in [3.8, 4) is 0 Å². The van der Waals surface area contributed by atoms with Crippen LogP contribution in [0.3, 0.4) is 0 Å². The van der Waals surface area contributed by atoms with Gasteiger partial charge in [-0.3, -0.25) is 0 Å². The van der Waals surface area contributed by atoms with Gasteiger partial charge in [0.2, 0.25) is 0 Å². The largest absolute Gasteiger partial charge is 0.411 e. The number of thioether (sulfide) groups is 1. The Kier molecular flexibility index (Phi) is 5.67. The fraction of sp³-hybridized carbons (Fsp3) is 0.750. The molecule has 0 rings (SSSR count). The van der Waals surface area contributed by atoms with Crippen LogP contribution >= 0.6 is 11.8 Å². The summed E-state index contributed by atoms with van der Waals surface area (Å²) in [5.41, 5.74) is 0. The summed E-state index contributed by atoms with van der Waals surface area (Å²) in [5, 5.41) is 10.7. The molecule has 0 saturated heterocycles. The smallest absolute Gasteiger partial charge is 0.0534 e. The van der Waals surface area contributed by atoms with Gasteiger partial charge in [-0.05, 0) is 5.75 Å². The van der Waals surface area contributed by atoms with E-state index < -0.39 is 0 Å². The summed E-state index contributed by atoms with van der Waals surface area (Å²) in [6, 6.07) is 0. The van der Waals surface area contributed by atoms with E-state index in [4.69, 9.17) is 5.21 Å². The molecule has 0 aliphatic rings. The van der Waals surface area contributed by atoms with E-state index in [0.29, 0.717) is 0 Å². The molecule has 0 aromatic carbocycles. The molecule has 0 radical (unpaired) electrons. The lowest BCUT2D eigenvalue weighted by Crippen LogP contribution is -1.78. The molecule has 0 spiro atoms. The minimum atomic E-state index is 0.812. The van der Waals surface area contributed by atoms with Gasteiger partial charge in [-0.1, -0.05) is 6.92 Å². The second-order valence-electron chi connectivity index (χ2n) is 0.958. The van der Waals surface area contributed by atoms with E-state index in [0.717, 1.165) is 11.5 Å². The van der Waals surface area contributed by atoms with Gasteiger partial charge in [0.25, 0.3) is 0 Å². The molecule has 0 aliphatic carbocycles. The van der Waals surface area contributed by atoms with Crippen molar-refractivity contribution in [3.05, 3.63) is 0 Å². The molecule has 0 bridgehead atoms. The lowest BCUT2D eigenvalue weighted by atomic mass is 10.9. The van der Waals surface area contributed by atoms with Gasteiger partial charge >= 0.3 is 0 Å². The Morgan fingerprint density at radius 3 is 3.00 bits per heavy atom. The molecule has 2 nitrogen and oxygen atoms in total. The molecule has 0 heterocycles. The minimum absolute atomic E-state index is 0.812. The van der Waals surface area contributed by atoms with E-state index in [9.17, 15) is 0 Å². The zero-order chi connectivity index (χ0) is 5.54. The van der Waals surface area contributed by atoms with Crippen LogP contribution in [0.5, 0.6) is 0 Å². The molecule has 0 atom stereocenters. The Morgan fingerprint density at radius 2 is 2.57 bits per heavy atom. The van der Waals surface area contributed by atoms with Crippen LogP contribution < -0.4 is 0 Å². The van der Waals surface area contributed by atoms with Crippen molar-refractivity contribution in [3.63, 3.8) is 0 Å². The third-order valence-electron chi connectivity index (χ3n) is 0.478. The molecule has 1 N–H and O–H groups in total. The van der Waals surface area contributed by atoms with Crippen molar-refractivity contribution in [2.24, 2.45) is 5.16 Å². The topological polar surface area (TPSA) is 32.6 Å². The van der Waals surface area contributed by atoms with Crippen LogP contribution in [0.1, 0.15) is 6.92 Å². The fourth-order valence-electron chi connectivity index (χ4n) is 0.204. The van der Waals surface area contributed by atoms with Gasteiger partial charge in [-0.15, -0.1) is 5.16 Å². The molecular formula is C4H9NOS. The maximum absolute atomic E-state index is 7.85. The van der Waals surface area contributed by atoms with Crippen molar-refractivity contribution < 1.29 is 5.21 Å². The summed E-state index contributed by atoms with van der Waals surface area (Å²) in [6.07, 6.45) is 1.48. The maximum atomic E-state index is 7.85. The molecule has 42 valence electrons. The number of oxime groups is 1. The predicted molar refractivity (Wildman–Crippen MR) is 33.3 cm³/mol. The van der Waals surface area contributed by atoms with Crippen LogP contribution in [-0.4, -0.2) is 22.9 Å². The first-order valence-electron chi connectivity index (χ1n) is 2.15. The standard InChI is InChI=1S/C4H9NOS/c1-2-7-4-3-5-6/h3,6H,2,4H2,1H3. The highest BCUT2D eigenvalue weighted by molar-refractivity contribution is 7.99. The second kappa shape index (κ2) is 5.82. The third kappa shape index (κ3) is 5.82. The van der Waals surface area contributed by atoms with Gasteiger partial charge in [0, 0.05) is 5.75 Å². The quantitative estimate of drug-likeness (QED) is 0.262. The van der Waals surface area contributed by atoms with Crippen LogP contribution in [0.4, 0.5) is 0 Å². The van der Waals surface area contributed by atoms with Crippen molar-refractivity contribution in [1.29, 1.82) is 0 Å². The summed E-state index contributed by atoms with van der Waals surface area (Å²) < 4.78 is 0. The van der Waals surface area contributed by atoms with E-state index in [1.165, 1.54) is 6.21 Å². The third-order valence-corrected chi connectivity index (χ3v) is 1.27. The number of nitrogens with zero attached hydrogens (tertiary/aromatic N) is 1. The molecule has 7 heavy (non-hydrogen) atoms. The number of hydrogen-bond acceptors (Lipinski definition) is 3. The van der Waals surface area contributed by atoms with Gasteiger partial charge in [-0.2, -0.15) is 11.8 Å². The van der Waals surface area contributed by atoms with Gasteiger partial charge in [0.1, 0.15) is 0 Å². The van der Waals surface area contributed by atoms with Gasteiger partial charge in [-0.25, -0.2) is 0 Å². The maximum Gasteiger partial charge on any atom is 0.0534 e. The fourth-order valence-corrected chi connectivity index (χ4v) is 0.612. The zero-order valence-corrected chi connectivity index (χ0v) is 5.11. The molecule has 0 aromatic heterocycles. The van der Waals surface area contributed by atoms with E-state index in [1.54, 1.807) is 11.8 Å². The molecule has 0 amide bonds. The van der Waals surface area contributed by atoms with Crippen molar-refractivity contribution in [2.75, 3.05) is 11.5 Å². The molecule has 0 aliphatic heterocycles. The second-order valence-corrected chi connectivity index (χ2v) is 2.28. The molecule has 0 unspecified atom stereocenters. The molecular weight excluding hydrogens is 110 g/mol. The summed E-state index contributed by atoms with van der Waals surface area (Å²) >= 11 is 1.72. The lowest BCUT2D eigenvalue weighted by molar-refractivity contribution is 0.321. The highest BCUT2D eigenvalue weighted by Gasteiger charge is 1.74.